The number of hydrogen-bond acceptors (Lipinski definition) is 6. The number of aliphatic hydroxyl groups excluding tert-OH is 1. The predicted octanol–water partition coefficient (Wildman–Crippen LogP) is 6.42. The van der Waals surface area contributed by atoms with Crippen LogP contribution < -0.4 is 4.74 Å². The smallest absolute Gasteiger partial charge is 0.306 e. The van der Waals surface area contributed by atoms with Crippen molar-refractivity contribution in [3.8, 4) is 5.75 Å². The van der Waals surface area contributed by atoms with Gasteiger partial charge in [0.25, 0.3) is 0 Å². The number of halogens is 1. The summed E-state index contributed by atoms with van der Waals surface area (Å²) < 4.78 is 31.3. The van der Waals surface area contributed by atoms with E-state index in [0.717, 1.165) is 48.2 Å². The number of carbonyl (C=O) groups is 1. The van der Waals surface area contributed by atoms with E-state index in [4.69, 9.17) is 14.2 Å². The van der Waals surface area contributed by atoms with Crippen LogP contribution >= 0.6 is 0 Å². The Hall–Kier alpha value is -2.74. The number of nitrogens with zero attached hydrogens (tertiary/aromatic N) is 1. The molecule has 1 fully saturated rings. The minimum absolute atomic E-state index is 0.00443. The van der Waals surface area contributed by atoms with Crippen LogP contribution in [0.3, 0.4) is 0 Å². The lowest BCUT2D eigenvalue weighted by Crippen LogP contribution is -2.39. The quantitative estimate of drug-likeness (QED) is 0.256. The summed E-state index contributed by atoms with van der Waals surface area (Å²) in [4.78, 5) is 14.0. The van der Waals surface area contributed by atoms with E-state index in [2.05, 4.69) is 4.90 Å². The number of β-amino-alcohol motifs (C(OH)–C–C–N with tert-alkyl or cyclic N) is 1. The topological polar surface area (TPSA) is 68.2 Å². The predicted molar refractivity (Wildman–Crippen MR) is 157 cm³/mol. The SMILES string of the molecule is CCOC(=O)CCC=Cc1c(OC(C)C)cccc1[C@@H](C)OC[C@H](O)CN1CCC[C@H]1Cc1ccc(C)c(F)c1. The number of ether oxygens (including phenoxy) is 3. The van der Waals surface area contributed by atoms with Crippen molar-refractivity contribution in [1.82, 2.24) is 4.90 Å². The second-order valence-corrected chi connectivity index (χ2v) is 10.9. The molecule has 0 bridgehead atoms. The second kappa shape index (κ2) is 15.9. The highest BCUT2D eigenvalue weighted by Gasteiger charge is 2.27. The monoisotopic (exact) mass is 555 g/mol. The molecular formula is C33H46FNO5. The van der Waals surface area contributed by atoms with Crippen LogP contribution in [0.15, 0.2) is 42.5 Å². The summed E-state index contributed by atoms with van der Waals surface area (Å²) in [5.41, 5.74) is 3.52. The Morgan fingerprint density at radius 3 is 2.75 bits per heavy atom. The standard InChI is InChI=1S/C33H46FNO5/c1-6-38-33(37)15-8-7-12-30-29(13-9-14-32(30)40-23(2)3)25(5)39-22-28(36)21-35-18-10-11-27(35)19-26-17-16-24(4)31(34)20-26/h7,9,12-14,16-17,20,23,25,27-28,36H,6,8,10-11,15,18-19,21-22H2,1-5H3/t25-,27+,28-/m1/s1. The summed E-state index contributed by atoms with van der Waals surface area (Å²) in [5, 5.41) is 10.9. The van der Waals surface area contributed by atoms with E-state index in [1.807, 2.05) is 63.3 Å². The van der Waals surface area contributed by atoms with Gasteiger partial charge in [0.1, 0.15) is 11.6 Å². The number of esters is 1. The van der Waals surface area contributed by atoms with Crippen molar-refractivity contribution in [3.63, 3.8) is 0 Å². The number of aliphatic hydroxyl groups is 1. The molecule has 0 unspecified atom stereocenters. The van der Waals surface area contributed by atoms with Crippen LogP contribution in [0.5, 0.6) is 5.75 Å². The van der Waals surface area contributed by atoms with Gasteiger partial charge in [0.05, 0.1) is 31.5 Å². The van der Waals surface area contributed by atoms with Crippen molar-refractivity contribution in [2.75, 3.05) is 26.3 Å². The van der Waals surface area contributed by atoms with Crippen LogP contribution in [0.2, 0.25) is 0 Å². The fourth-order valence-electron chi connectivity index (χ4n) is 5.16. The highest BCUT2D eigenvalue weighted by molar-refractivity contribution is 5.70. The minimum atomic E-state index is -0.642. The Labute approximate surface area is 239 Å². The largest absolute Gasteiger partial charge is 0.490 e. The van der Waals surface area contributed by atoms with Crippen molar-refractivity contribution in [2.24, 2.45) is 0 Å². The third kappa shape index (κ3) is 9.72. The molecule has 0 aromatic heterocycles. The van der Waals surface area contributed by atoms with Gasteiger partial charge in [0.15, 0.2) is 0 Å². The van der Waals surface area contributed by atoms with E-state index in [0.29, 0.717) is 31.6 Å². The number of hydrogen-bond donors (Lipinski definition) is 1. The van der Waals surface area contributed by atoms with Gasteiger partial charge in [-0.1, -0.05) is 36.4 Å². The number of allylic oxidation sites excluding steroid dienone is 1. The third-order valence-corrected chi connectivity index (χ3v) is 7.20. The summed E-state index contributed by atoms with van der Waals surface area (Å²) >= 11 is 0. The lowest BCUT2D eigenvalue weighted by molar-refractivity contribution is -0.143. The van der Waals surface area contributed by atoms with E-state index in [-0.39, 0.29) is 36.6 Å². The third-order valence-electron chi connectivity index (χ3n) is 7.20. The fourth-order valence-corrected chi connectivity index (χ4v) is 5.16. The summed E-state index contributed by atoms with van der Waals surface area (Å²) in [6.07, 6.45) is 6.78. The van der Waals surface area contributed by atoms with E-state index in [9.17, 15) is 14.3 Å². The van der Waals surface area contributed by atoms with Crippen LogP contribution in [-0.4, -0.2) is 60.5 Å². The van der Waals surface area contributed by atoms with Crippen molar-refractivity contribution in [2.45, 2.75) is 91.1 Å². The van der Waals surface area contributed by atoms with Gasteiger partial charge in [-0.05, 0) is 95.7 Å². The molecule has 3 rings (SSSR count). The van der Waals surface area contributed by atoms with Gasteiger partial charge in [0, 0.05) is 24.6 Å². The minimum Gasteiger partial charge on any atom is -0.490 e. The zero-order valence-electron chi connectivity index (χ0n) is 24.7. The van der Waals surface area contributed by atoms with Gasteiger partial charge >= 0.3 is 5.97 Å². The molecule has 6 nitrogen and oxygen atoms in total. The van der Waals surface area contributed by atoms with Crippen LogP contribution in [0.4, 0.5) is 4.39 Å². The molecule has 1 heterocycles. The number of carbonyl (C=O) groups excluding carboxylic acids is 1. The molecule has 0 radical (unpaired) electrons. The molecule has 7 heteroatoms. The maximum Gasteiger partial charge on any atom is 0.306 e. The highest BCUT2D eigenvalue weighted by atomic mass is 19.1. The lowest BCUT2D eigenvalue weighted by Gasteiger charge is -2.28. The molecular weight excluding hydrogens is 509 g/mol. The molecule has 0 saturated carbocycles. The number of rotatable bonds is 15. The van der Waals surface area contributed by atoms with Crippen LogP contribution in [0, 0.1) is 12.7 Å². The molecule has 1 saturated heterocycles. The molecule has 1 aliphatic heterocycles. The van der Waals surface area contributed by atoms with Crippen LogP contribution in [0.1, 0.15) is 81.7 Å². The van der Waals surface area contributed by atoms with Gasteiger partial charge in [-0.15, -0.1) is 0 Å². The molecule has 1 aliphatic rings. The fraction of sp³-hybridized carbons (Fsp3) is 0.545. The molecule has 0 spiro atoms. The Morgan fingerprint density at radius 1 is 1.23 bits per heavy atom. The number of likely N-dealkylation sites (tertiary alicyclic amines) is 1. The van der Waals surface area contributed by atoms with E-state index in [1.54, 1.807) is 19.9 Å². The maximum atomic E-state index is 14.0. The van der Waals surface area contributed by atoms with E-state index in [1.165, 1.54) is 0 Å². The van der Waals surface area contributed by atoms with Gasteiger partial charge in [-0.2, -0.15) is 0 Å². The zero-order valence-corrected chi connectivity index (χ0v) is 24.7. The maximum absolute atomic E-state index is 14.0. The molecule has 2 aromatic rings. The van der Waals surface area contributed by atoms with Crippen LogP contribution in [0.25, 0.3) is 6.08 Å². The second-order valence-electron chi connectivity index (χ2n) is 10.9. The normalized spacial score (nSPS) is 17.4. The molecule has 220 valence electrons. The lowest BCUT2D eigenvalue weighted by atomic mass is 10.0. The number of aryl methyl sites for hydroxylation is 1. The average molecular weight is 556 g/mol. The van der Waals surface area contributed by atoms with Crippen molar-refractivity contribution >= 4 is 12.0 Å². The Kier molecular flexibility index (Phi) is 12.6. The zero-order chi connectivity index (χ0) is 29.1. The van der Waals surface area contributed by atoms with Crippen molar-refractivity contribution in [3.05, 3.63) is 70.5 Å². The van der Waals surface area contributed by atoms with Gasteiger partial charge < -0.3 is 19.3 Å². The van der Waals surface area contributed by atoms with Crippen LogP contribution in [-0.2, 0) is 20.7 Å². The Bertz CT molecular complexity index is 1120. The first kappa shape index (κ1) is 31.8. The first-order chi connectivity index (χ1) is 19.2. The Morgan fingerprint density at radius 2 is 2.02 bits per heavy atom. The summed E-state index contributed by atoms with van der Waals surface area (Å²) in [5.74, 6) is 0.375. The molecule has 40 heavy (non-hydrogen) atoms. The molecule has 3 atom stereocenters. The van der Waals surface area contributed by atoms with E-state index >= 15 is 0 Å². The van der Waals surface area contributed by atoms with Gasteiger partial charge in [-0.25, -0.2) is 4.39 Å². The van der Waals surface area contributed by atoms with Crippen molar-refractivity contribution < 1.29 is 28.5 Å². The van der Waals surface area contributed by atoms with Crippen molar-refractivity contribution in [1.29, 1.82) is 0 Å². The molecule has 0 aliphatic carbocycles. The Balaban J connectivity index is 1.60. The average Bonchev–Trinajstić information content (AvgIpc) is 3.33. The summed E-state index contributed by atoms with van der Waals surface area (Å²) in [7, 11) is 0. The summed E-state index contributed by atoms with van der Waals surface area (Å²) in [6.45, 7) is 11.5. The molecule has 2 aromatic carbocycles. The highest BCUT2D eigenvalue weighted by Crippen LogP contribution is 2.31. The summed E-state index contributed by atoms with van der Waals surface area (Å²) in [6, 6.07) is 11.6. The van der Waals surface area contributed by atoms with Gasteiger partial charge in [0.2, 0.25) is 0 Å². The first-order valence-corrected chi connectivity index (χ1v) is 14.6. The van der Waals surface area contributed by atoms with Gasteiger partial charge in [-0.3, -0.25) is 9.69 Å². The molecule has 1 N–H and O–H groups in total. The number of benzene rings is 2. The van der Waals surface area contributed by atoms with E-state index < -0.39 is 6.10 Å². The first-order valence-electron chi connectivity index (χ1n) is 14.6. The molecule has 0 amide bonds.